The Kier molecular flexibility index (Phi) is 4.85. The van der Waals surface area contributed by atoms with Gasteiger partial charge >= 0.3 is 0 Å². The van der Waals surface area contributed by atoms with E-state index in [1.807, 2.05) is 6.07 Å². The van der Waals surface area contributed by atoms with E-state index in [0.29, 0.717) is 17.1 Å². The highest BCUT2D eigenvalue weighted by Crippen LogP contribution is 2.24. The first kappa shape index (κ1) is 16.1. The number of nitrogens with zero attached hydrogens (tertiary/aromatic N) is 3. The van der Waals surface area contributed by atoms with Gasteiger partial charge in [-0.25, -0.2) is 14.1 Å². The highest BCUT2D eigenvalue weighted by Gasteiger charge is 2.10. The molecule has 2 aromatic carbocycles. The fraction of sp³-hybridized carbons (Fsp3) is 0.0625. The molecule has 0 aliphatic carbocycles. The molecule has 0 fully saturated rings. The number of aromatic nitrogens is 3. The Balaban J connectivity index is 1.70. The zero-order valence-electron chi connectivity index (χ0n) is 12.3. The maximum atomic E-state index is 12.8. The Hall–Kier alpha value is -2.74. The number of amides is 1. The van der Waals surface area contributed by atoms with E-state index in [1.165, 1.54) is 36.9 Å². The monoisotopic (exact) mass is 390 g/mol. The first-order chi connectivity index (χ1) is 11.6. The average Bonchev–Trinajstić information content (AvgIpc) is 3.09. The SMILES string of the molecule is O=C(COc1ccc(F)cc1)Nc1cc(Br)ccc1-n1cncn1. The molecule has 8 heteroatoms. The molecule has 24 heavy (non-hydrogen) atoms. The first-order valence-electron chi connectivity index (χ1n) is 6.94. The van der Waals surface area contributed by atoms with Crippen molar-refractivity contribution in [2.24, 2.45) is 0 Å². The number of carbonyl (C=O) groups excluding carboxylic acids is 1. The largest absolute Gasteiger partial charge is 0.484 e. The van der Waals surface area contributed by atoms with Gasteiger partial charge in [-0.1, -0.05) is 15.9 Å². The molecule has 0 radical (unpaired) electrons. The second-order valence-electron chi connectivity index (χ2n) is 4.79. The minimum Gasteiger partial charge on any atom is -0.484 e. The predicted octanol–water partition coefficient (Wildman–Crippen LogP) is 3.19. The van der Waals surface area contributed by atoms with Crippen LogP contribution in [0.5, 0.6) is 5.75 Å². The highest BCUT2D eigenvalue weighted by molar-refractivity contribution is 9.10. The molecule has 0 saturated carbocycles. The maximum absolute atomic E-state index is 12.8. The van der Waals surface area contributed by atoms with Gasteiger partial charge in [0, 0.05) is 4.47 Å². The average molecular weight is 391 g/mol. The Morgan fingerprint density at radius 3 is 2.75 bits per heavy atom. The molecule has 3 aromatic rings. The van der Waals surface area contributed by atoms with Gasteiger partial charge in [0.15, 0.2) is 6.61 Å². The van der Waals surface area contributed by atoms with Gasteiger partial charge in [0.05, 0.1) is 11.4 Å². The van der Waals surface area contributed by atoms with Gasteiger partial charge in [0.2, 0.25) is 0 Å². The third-order valence-electron chi connectivity index (χ3n) is 3.08. The molecule has 0 bridgehead atoms. The molecule has 0 unspecified atom stereocenters. The summed E-state index contributed by atoms with van der Waals surface area (Å²) in [5.41, 5.74) is 1.23. The number of carbonyl (C=O) groups is 1. The lowest BCUT2D eigenvalue weighted by Gasteiger charge is -2.12. The second-order valence-corrected chi connectivity index (χ2v) is 5.71. The van der Waals surface area contributed by atoms with E-state index in [-0.39, 0.29) is 18.3 Å². The number of ether oxygens (including phenoxy) is 1. The Bertz CT molecular complexity index is 838. The van der Waals surface area contributed by atoms with E-state index in [9.17, 15) is 9.18 Å². The number of halogens is 2. The number of rotatable bonds is 5. The predicted molar refractivity (Wildman–Crippen MR) is 89.6 cm³/mol. The van der Waals surface area contributed by atoms with Crippen molar-refractivity contribution in [3.8, 4) is 11.4 Å². The topological polar surface area (TPSA) is 69.0 Å². The fourth-order valence-corrected chi connectivity index (χ4v) is 2.37. The van der Waals surface area contributed by atoms with Crippen molar-refractivity contribution in [2.75, 3.05) is 11.9 Å². The van der Waals surface area contributed by atoms with Crippen molar-refractivity contribution in [3.63, 3.8) is 0 Å². The number of hydrogen-bond acceptors (Lipinski definition) is 4. The summed E-state index contributed by atoms with van der Waals surface area (Å²) >= 11 is 3.37. The van der Waals surface area contributed by atoms with Crippen LogP contribution >= 0.6 is 15.9 Å². The van der Waals surface area contributed by atoms with Crippen molar-refractivity contribution >= 4 is 27.5 Å². The van der Waals surface area contributed by atoms with Crippen LogP contribution < -0.4 is 10.1 Å². The summed E-state index contributed by atoms with van der Waals surface area (Å²) in [4.78, 5) is 16.0. The zero-order valence-corrected chi connectivity index (χ0v) is 13.9. The lowest BCUT2D eigenvalue weighted by molar-refractivity contribution is -0.118. The lowest BCUT2D eigenvalue weighted by atomic mass is 10.2. The van der Waals surface area contributed by atoms with Crippen LogP contribution in [0.4, 0.5) is 10.1 Å². The molecule has 0 aliphatic heterocycles. The van der Waals surface area contributed by atoms with Crippen molar-refractivity contribution < 1.29 is 13.9 Å². The van der Waals surface area contributed by atoms with Crippen molar-refractivity contribution in [3.05, 3.63) is 65.4 Å². The third-order valence-corrected chi connectivity index (χ3v) is 3.58. The molecule has 122 valence electrons. The van der Waals surface area contributed by atoms with Crippen LogP contribution in [0.1, 0.15) is 0 Å². The van der Waals surface area contributed by atoms with Gasteiger partial charge in [-0.15, -0.1) is 0 Å². The Morgan fingerprint density at radius 1 is 1.25 bits per heavy atom. The second kappa shape index (κ2) is 7.22. The lowest BCUT2D eigenvalue weighted by Crippen LogP contribution is -2.21. The quantitative estimate of drug-likeness (QED) is 0.726. The van der Waals surface area contributed by atoms with Gasteiger partial charge in [-0.05, 0) is 42.5 Å². The molecule has 0 atom stereocenters. The van der Waals surface area contributed by atoms with Gasteiger partial charge in [-0.3, -0.25) is 4.79 Å². The molecular formula is C16H12BrFN4O2. The minimum absolute atomic E-state index is 0.199. The van der Waals surface area contributed by atoms with E-state index < -0.39 is 0 Å². The van der Waals surface area contributed by atoms with E-state index >= 15 is 0 Å². The molecule has 6 nitrogen and oxygen atoms in total. The van der Waals surface area contributed by atoms with Gasteiger partial charge in [-0.2, -0.15) is 5.10 Å². The molecule has 1 amide bonds. The molecule has 0 spiro atoms. The van der Waals surface area contributed by atoms with E-state index in [4.69, 9.17) is 4.74 Å². The summed E-state index contributed by atoms with van der Waals surface area (Å²) in [5, 5.41) is 6.82. The van der Waals surface area contributed by atoms with Gasteiger partial charge in [0.1, 0.15) is 24.2 Å². The molecule has 0 aliphatic rings. The van der Waals surface area contributed by atoms with Gasteiger partial charge in [0.25, 0.3) is 5.91 Å². The smallest absolute Gasteiger partial charge is 0.262 e. The maximum Gasteiger partial charge on any atom is 0.262 e. The van der Waals surface area contributed by atoms with Gasteiger partial charge < -0.3 is 10.1 Å². The van der Waals surface area contributed by atoms with E-state index in [1.54, 1.807) is 16.8 Å². The molecule has 1 heterocycles. The highest BCUT2D eigenvalue weighted by atomic mass is 79.9. The van der Waals surface area contributed by atoms with E-state index in [0.717, 1.165) is 4.47 Å². The first-order valence-corrected chi connectivity index (χ1v) is 7.74. The van der Waals surface area contributed by atoms with Crippen molar-refractivity contribution in [2.45, 2.75) is 0 Å². The van der Waals surface area contributed by atoms with Crippen molar-refractivity contribution in [1.29, 1.82) is 0 Å². The summed E-state index contributed by atoms with van der Waals surface area (Å²) in [6.07, 6.45) is 2.94. The summed E-state index contributed by atoms with van der Waals surface area (Å²) in [6.45, 7) is -0.199. The molecule has 1 N–H and O–H groups in total. The van der Waals surface area contributed by atoms with E-state index in [2.05, 4.69) is 31.3 Å². The number of nitrogens with one attached hydrogen (secondary N) is 1. The van der Waals surface area contributed by atoms with Crippen LogP contribution in [0.3, 0.4) is 0 Å². The van der Waals surface area contributed by atoms with Crippen LogP contribution in [0.25, 0.3) is 5.69 Å². The van der Waals surface area contributed by atoms with Crippen LogP contribution in [0, 0.1) is 5.82 Å². The minimum atomic E-state index is -0.363. The molecule has 3 rings (SSSR count). The summed E-state index contributed by atoms with van der Waals surface area (Å²) < 4.78 is 20.5. The van der Waals surface area contributed by atoms with Crippen LogP contribution in [-0.2, 0) is 4.79 Å². The number of hydrogen-bond donors (Lipinski definition) is 1. The number of benzene rings is 2. The third kappa shape index (κ3) is 3.96. The Labute approximate surface area is 145 Å². The standard InChI is InChI=1S/C16H12BrFN4O2/c17-11-1-6-15(22-10-19-9-20-22)14(7-11)21-16(23)8-24-13-4-2-12(18)3-5-13/h1-7,9-10H,8H2,(H,21,23). The summed E-state index contributed by atoms with van der Waals surface area (Å²) in [5.74, 6) is -0.297. The van der Waals surface area contributed by atoms with Crippen LogP contribution in [-0.4, -0.2) is 27.3 Å². The summed E-state index contributed by atoms with van der Waals surface area (Å²) in [7, 11) is 0. The van der Waals surface area contributed by atoms with Crippen molar-refractivity contribution in [1.82, 2.24) is 14.8 Å². The zero-order chi connectivity index (χ0) is 16.9. The fourth-order valence-electron chi connectivity index (χ4n) is 2.01. The summed E-state index contributed by atoms with van der Waals surface area (Å²) in [6, 6.07) is 10.9. The Morgan fingerprint density at radius 2 is 2.04 bits per heavy atom. The molecular weight excluding hydrogens is 379 g/mol. The number of anilines is 1. The van der Waals surface area contributed by atoms with Crippen LogP contribution in [0.2, 0.25) is 0 Å². The molecule has 1 aromatic heterocycles. The van der Waals surface area contributed by atoms with Crippen LogP contribution in [0.15, 0.2) is 59.6 Å². The normalized spacial score (nSPS) is 10.4. The molecule has 0 saturated heterocycles.